The molecule has 24 heavy (non-hydrogen) atoms. The number of nitrogens with one attached hydrogen (secondary N) is 1. The number of hydrogen-bond acceptors (Lipinski definition) is 5. The molecule has 1 aromatic carbocycles. The average molecular weight is 349 g/mol. The Morgan fingerprint density at radius 2 is 2.12 bits per heavy atom. The molecule has 1 aliphatic heterocycles. The molecular weight excluding hydrogens is 328 g/mol. The SMILES string of the molecule is Cc1ccncc1[C@@H](C)NC[C@H](O)c1cc(Cl)c2c(c1)OCCO2. The fraction of sp³-hybridized carbons (Fsp3) is 0.389. The van der Waals surface area contributed by atoms with Gasteiger partial charge in [-0.1, -0.05) is 11.6 Å². The Bertz CT molecular complexity index is 723. The Kier molecular flexibility index (Phi) is 5.23. The first-order valence-corrected chi connectivity index (χ1v) is 8.35. The van der Waals surface area contributed by atoms with Crippen molar-refractivity contribution < 1.29 is 14.6 Å². The van der Waals surface area contributed by atoms with Crippen LogP contribution in [-0.4, -0.2) is 29.8 Å². The molecule has 2 aromatic rings. The van der Waals surface area contributed by atoms with Gasteiger partial charge in [-0.25, -0.2) is 0 Å². The highest BCUT2D eigenvalue weighted by Crippen LogP contribution is 2.39. The number of nitrogens with zero attached hydrogens (tertiary/aromatic N) is 1. The second-order valence-electron chi connectivity index (χ2n) is 5.90. The number of aliphatic hydroxyl groups excluding tert-OH is 1. The zero-order valence-corrected chi connectivity index (χ0v) is 14.5. The monoisotopic (exact) mass is 348 g/mol. The summed E-state index contributed by atoms with van der Waals surface area (Å²) in [5.41, 5.74) is 2.98. The average Bonchev–Trinajstić information content (AvgIpc) is 2.59. The van der Waals surface area contributed by atoms with E-state index in [-0.39, 0.29) is 6.04 Å². The fourth-order valence-electron chi connectivity index (χ4n) is 2.77. The summed E-state index contributed by atoms with van der Waals surface area (Å²) in [7, 11) is 0. The predicted octanol–water partition coefficient (Wildman–Crippen LogP) is 3.20. The number of pyridine rings is 1. The van der Waals surface area contributed by atoms with Gasteiger partial charge in [0.05, 0.1) is 11.1 Å². The molecular formula is C18H21ClN2O3. The van der Waals surface area contributed by atoms with Crippen LogP contribution in [0.2, 0.25) is 5.02 Å². The molecule has 2 atom stereocenters. The second kappa shape index (κ2) is 7.38. The first kappa shape index (κ1) is 17.0. The maximum absolute atomic E-state index is 10.5. The van der Waals surface area contributed by atoms with Gasteiger partial charge >= 0.3 is 0 Å². The number of aryl methyl sites for hydroxylation is 1. The number of ether oxygens (including phenoxy) is 2. The molecule has 3 rings (SSSR count). The molecule has 5 nitrogen and oxygen atoms in total. The van der Waals surface area contributed by atoms with Crippen molar-refractivity contribution in [2.45, 2.75) is 26.0 Å². The normalized spacial score (nSPS) is 15.8. The van der Waals surface area contributed by atoms with Gasteiger partial charge in [0.25, 0.3) is 0 Å². The summed E-state index contributed by atoms with van der Waals surface area (Å²) in [6, 6.07) is 5.57. The Labute approximate surface area is 146 Å². The van der Waals surface area contributed by atoms with Crippen LogP contribution in [0.25, 0.3) is 0 Å². The first-order valence-electron chi connectivity index (χ1n) is 7.97. The van der Waals surface area contributed by atoms with Crippen molar-refractivity contribution in [1.29, 1.82) is 0 Å². The maximum atomic E-state index is 10.5. The molecule has 0 spiro atoms. The highest BCUT2D eigenvalue weighted by atomic mass is 35.5. The summed E-state index contributed by atoms with van der Waals surface area (Å²) in [4.78, 5) is 4.16. The van der Waals surface area contributed by atoms with E-state index >= 15 is 0 Å². The van der Waals surface area contributed by atoms with Gasteiger partial charge in [0, 0.05) is 25.0 Å². The molecule has 2 N–H and O–H groups in total. The Morgan fingerprint density at radius 3 is 2.92 bits per heavy atom. The third-order valence-electron chi connectivity index (χ3n) is 4.17. The van der Waals surface area contributed by atoms with Crippen molar-refractivity contribution in [2.75, 3.05) is 19.8 Å². The van der Waals surface area contributed by atoms with E-state index in [2.05, 4.69) is 10.3 Å². The molecule has 0 aliphatic carbocycles. The summed E-state index contributed by atoms with van der Waals surface area (Å²) >= 11 is 6.23. The van der Waals surface area contributed by atoms with Gasteiger partial charge in [-0.2, -0.15) is 0 Å². The zero-order valence-electron chi connectivity index (χ0n) is 13.8. The van der Waals surface area contributed by atoms with Gasteiger partial charge in [0.1, 0.15) is 13.2 Å². The van der Waals surface area contributed by atoms with Crippen molar-refractivity contribution in [1.82, 2.24) is 10.3 Å². The van der Waals surface area contributed by atoms with E-state index in [1.807, 2.05) is 26.1 Å². The van der Waals surface area contributed by atoms with Gasteiger partial charge in [-0.15, -0.1) is 0 Å². The second-order valence-corrected chi connectivity index (χ2v) is 6.31. The molecule has 0 amide bonds. The van der Waals surface area contributed by atoms with Crippen LogP contribution in [0.5, 0.6) is 11.5 Å². The molecule has 1 aromatic heterocycles. The van der Waals surface area contributed by atoms with E-state index in [4.69, 9.17) is 21.1 Å². The van der Waals surface area contributed by atoms with Gasteiger partial charge in [0.15, 0.2) is 11.5 Å². The minimum Gasteiger partial charge on any atom is -0.486 e. The lowest BCUT2D eigenvalue weighted by molar-refractivity contribution is 0.161. The van der Waals surface area contributed by atoms with E-state index in [9.17, 15) is 5.11 Å². The molecule has 2 heterocycles. The molecule has 1 aliphatic rings. The zero-order chi connectivity index (χ0) is 17.1. The molecule has 6 heteroatoms. The molecule has 0 bridgehead atoms. The number of hydrogen-bond donors (Lipinski definition) is 2. The highest BCUT2D eigenvalue weighted by Gasteiger charge is 2.20. The predicted molar refractivity (Wildman–Crippen MR) is 92.8 cm³/mol. The molecule has 0 radical (unpaired) electrons. The van der Waals surface area contributed by atoms with Gasteiger partial charge in [-0.3, -0.25) is 4.98 Å². The third-order valence-corrected chi connectivity index (χ3v) is 4.45. The number of aromatic nitrogens is 1. The minimum absolute atomic E-state index is 0.0843. The van der Waals surface area contributed by atoms with Crippen LogP contribution in [-0.2, 0) is 0 Å². The van der Waals surface area contributed by atoms with E-state index in [1.165, 1.54) is 5.56 Å². The largest absolute Gasteiger partial charge is 0.486 e. The topological polar surface area (TPSA) is 63.6 Å². The number of fused-ring (bicyclic) bond motifs is 1. The van der Waals surface area contributed by atoms with E-state index in [0.717, 1.165) is 5.56 Å². The van der Waals surface area contributed by atoms with Gasteiger partial charge < -0.3 is 19.9 Å². The van der Waals surface area contributed by atoms with Gasteiger partial charge in [0.2, 0.25) is 0 Å². The van der Waals surface area contributed by atoms with Crippen molar-refractivity contribution in [2.24, 2.45) is 0 Å². The lowest BCUT2D eigenvalue weighted by Gasteiger charge is -2.23. The summed E-state index contributed by atoms with van der Waals surface area (Å²) in [6.07, 6.45) is 2.93. The van der Waals surface area contributed by atoms with Crippen LogP contribution in [0.4, 0.5) is 0 Å². The van der Waals surface area contributed by atoms with Crippen LogP contribution in [0.1, 0.15) is 35.8 Å². The van der Waals surface area contributed by atoms with Crippen LogP contribution < -0.4 is 14.8 Å². The van der Waals surface area contributed by atoms with Crippen molar-refractivity contribution in [3.8, 4) is 11.5 Å². The number of halogens is 1. The van der Waals surface area contributed by atoms with Crippen LogP contribution >= 0.6 is 11.6 Å². The number of rotatable bonds is 5. The summed E-state index contributed by atoms with van der Waals surface area (Å²) in [6.45, 7) is 5.46. The van der Waals surface area contributed by atoms with Crippen molar-refractivity contribution in [3.05, 3.63) is 52.3 Å². The quantitative estimate of drug-likeness (QED) is 0.868. The van der Waals surface area contributed by atoms with Gasteiger partial charge in [-0.05, 0) is 48.7 Å². The molecule has 0 fully saturated rings. The Balaban J connectivity index is 1.68. The molecule has 0 saturated heterocycles. The van der Waals surface area contributed by atoms with Crippen molar-refractivity contribution in [3.63, 3.8) is 0 Å². The maximum Gasteiger partial charge on any atom is 0.179 e. The first-order chi connectivity index (χ1) is 11.6. The Hall–Kier alpha value is -1.82. The number of benzene rings is 1. The number of aliphatic hydroxyl groups is 1. The van der Waals surface area contributed by atoms with Crippen LogP contribution in [0, 0.1) is 6.92 Å². The highest BCUT2D eigenvalue weighted by molar-refractivity contribution is 6.32. The molecule has 0 unspecified atom stereocenters. The smallest absolute Gasteiger partial charge is 0.179 e. The summed E-state index contributed by atoms with van der Waals surface area (Å²) < 4.78 is 11.1. The molecule has 128 valence electrons. The van der Waals surface area contributed by atoms with E-state index < -0.39 is 6.10 Å². The molecule has 0 saturated carbocycles. The van der Waals surface area contributed by atoms with E-state index in [1.54, 1.807) is 18.3 Å². The standard InChI is InChI=1S/C18H21ClN2O3/c1-11-3-4-20-9-14(11)12(2)21-10-16(22)13-7-15(19)18-17(8-13)23-5-6-24-18/h3-4,7-9,12,16,21-22H,5-6,10H2,1-2H3/t12-,16+/m1/s1. The van der Waals surface area contributed by atoms with Crippen molar-refractivity contribution >= 4 is 11.6 Å². The van der Waals surface area contributed by atoms with E-state index in [0.29, 0.717) is 41.8 Å². The van der Waals surface area contributed by atoms with Crippen LogP contribution in [0.15, 0.2) is 30.6 Å². The summed E-state index contributed by atoms with van der Waals surface area (Å²) in [5.74, 6) is 1.13. The lowest BCUT2D eigenvalue weighted by Crippen LogP contribution is -2.25. The summed E-state index contributed by atoms with van der Waals surface area (Å²) in [5, 5.41) is 14.3. The Morgan fingerprint density at radius 1 is 1.33 bits per heavy atom. The minimum atomic E-state index is -0.697. The lowest BCUT2D eigenvalue weighted by atomic mass is 10.0. The van der Waals surface area contributed by atoms with Crippen LogP contribution in [0.3, 0.4) is 0 Å². The third kappa shape index (κ3) is 3.64. The fourth-order valence-corrected chi connectivity index (χ4v) is 3.04.